The Morgan fingerprint density at radius 3 is 2.73 bits per heavy atom. The van der Waals surface area contributed by atoms with E-state index in [9.17, 15) is 14.0 Å². The van der Waals surface area contributed by atoms with Crippen molar-refractivity contribution >= 4 is 29.1 Å². The number of amides is 2. The summed E-state index contributed by atoms with van der Waals surface area (Å²) < 4.78 is 12.9. The van der Waals surface area contributed by atoms with E-state index in [1.54, 1.807) is 29.2 Å². The first-order valence-electron chi connectivity index (χ1n) is 8.51. The lowest BCUT2D eigenvalue weighted by Crippen LogP contribution is -2.30. The lowest BCUT2D eigenvalue weighted by molar-refractivity contribution is -0.128. The van der Waals surface area contributed by atoms with Crippen LogP contribution in [0.15, 0.2) is 42.5 Å². The van der Waals surface area contributed by atoms with Crippen LogP contribution in [0.5, 0.6) is 0 Å². The zero-order valence-electron chi connectivity index (χ0n) is 14.5. The number of nitrogens with zero attached hydrogens (tertiary/aromatic N) is 1. The molecule has 1 aliphatic heterocycles. The molecule has 1 N–H and O–H groups in total. The summed E-state index contributed by atoms with van der Waals surface area (Å²) in [6.07, 6.45) is 0.836. The lowest BCUT2D eigenvalue weighted by atomic mass is 10.1. The third-order valence-electron chi connectivity index (χ3n) is 4.63. The van der Waals surface area contributed by atoms with Gasteiger partial charge in [0, 0.05) is 30.2 Å². The molecule has 0 aliphatic carbocycles. The Labute approximate surface area is 157 Å². The number of anilines is 1. The predicted molar refractivity (Wildman–Crippen MR) is 99.6 cm³/mol. The zero-order valence-corrected chi connectivity index (χ0v) is 15.2. The maximum Gasteiger partial charge on any atom is 0.229 e. The van der Waals surface area contributed by atoms with Gasteiger partial charge >= 0.3 is 0 Å². The van der Waals surface area contributed by atoms with Gasteiger partial charge in [-0.1, -0.05) is 29.8 Å². The van der Waals surface area contributed by atoms with E-state index in [4.69, 9.17) is 11.6 Å². The lowest BCUT2D eigenvalue weighted by Gasteiger charge is -2.17. The van der Waals surface area contributed by atoms with Gasteiger partial charge in [-0.15, -0.1) is 0 Å². The van der Waals surface area contributed by atoms with Crippen molar-refractivity contribution in [3.05, 3.63) is 64.4 Å². The highest BCUT2D eigenvalue weighted by Crippen LogP contribution is 2.24. The molecule has 6 heteroatoms. The number of likely N-dealkylation sites (tertiary alicyclic amines) is 1. The number of benzene rings is 2. The zero-order chi connectivity index (χ0) is 18.7. The van der Waals surface area contributed by atoms with Crippen molar-refractivity contribution < 1.29 is 14.0 Å². The van der Waals surface area contributed by atoms with E-state index in [0.29, 0.717) is 30.2 Å². The van der Waals surface area contributed by atoms with Crippen LogP contribution in [0.2, 0.25) is 5.02 Å². The van der Waals surface area contributed by atoms with Crippen molar-refractivity contribution in [3.8, 4) is 0 Å². The van der Waals surface area contributed by atoms with Crippen molar-refractivity contribution in [2.45, 2.75) is 19.8 Å². The van der Waals surface area contributed by atoms with Gasteiger partial charge in [-0.3, -0.25) is 9.59 Å². The monoisotopic (exact) mass is 374 g/mol. The van der Waals surface area contributed by atoms with Gasteiger partial charge < -0.3 is 10.2 Å². The maximum atomic E-state index is 12.9. The molecule has 3 rings (SSSR count). The van der Waals surface area contributed by atoms with Crippen LogP contribution in [-0.2, 0) is 16.0 Å². The first-order chi connectivity index (χ1) is 12.4. The fourth-order valence-electron chi connectivity index (χ4n) is 3.04. The predicted octanol–water partition coefficient (Wildman–Crippen LogP) is 3.82. The molecular weight excluding hydrogens is 355 g/mol. The summed E-state index contributed by atoms with van der Waals surface area (Å²) in [4.78, 5) is 26.4. The number of carbonyl (C=O) groups is 2. The summed E-state index contributed by atoms with van der Waals surface area (Å²) >= 11 is 5.98. The Bertz CT molecular complexity index is 823. The van der Waals surface area contributed by atoms with Crippen LogP contribution < -0.4 is 5.32 Å². The fourth-order valence-corrected chi connectivity index (χ4v) is 3.21. The Morgan fingerprint density at radius 2 is 2.00 bits per heavy atom. The first-order valence-corrected chi connectivity index (χ1v) is 8.89. The van der Waals surface area contributed by atoms with Crippen LogP contribution in [0.4, 0.5) is 10.1 Å². The standard InChI is InChI=1S/C20H20ClFN2O2/c1-13-2-5-16(21)11-18(13)23-20(26)15-10-19(25)24(12-15)9-8-14-3-6-17(22)7-4-14/h2-7,11,15H,8-10,12H2,1H3,(H,23,26). The smallest absolute Gasteiger partial charge is 0.229 e. The molecular formula is C20H20ClFN2O2. The Kier molecular flexibility index (Phi) is 5.57. The molecule has 0 spiro atoms. The summed E-state index contributed by atoms with van der Waals surface area (Å²) in [5.41, 5.74) is 2.54. The minimum absolute atomic E-state index is 0.0323. The molecule has 0 bridgehead atoms. The van der Waals surface area contributed by atoms with E-state index in [0.717, 1.165) is 11.1 Å². The van der Waals surface area contributed by atoms with E-state index < -0.39 is 0 Å². The van der Waals surface area contributed by atoms with Crippen LogP contribution in [-0.4, -0.2) is 29.8 Å². The first kappa shape index (κ1) is 18.4. The number of aryl methyl sites for hydroxylation is 1. The summed E-state index contributed by atoms with van der Waals surface area (Å²) in [5, 5.41) is 3.42. The second-order valence-electron chi connectivity index (χ2n) is 6.57. The van der Waals surface area contributed by atoms with Crippen LogP contribution in [0.1, 0.15) is 17.5 Å². The molecule has 1 aliphatic rings. The van der Waals surface area contributed by atoms with Gasteiger partial charge in [-0.05, 0) is 48.7 Å². The van der Waals surface area contributed by atoms with Gasteiger partial charge in [-0.25, -0.2) is 4.39 Å². The molecule has 1 fully saturated rings. The second kappa shape index (κ2) is 7.87. The number of rotatable bonds is 5. The molecule has 1 saturated heterocycles. The number of hydrogen-bond donors (Lipinski definition) is 1. The molecule has 26 heavy (non-hydrogen) atoms. The highest BCUT2D eigenvalue weighted by molar-refractivity contribution is 6.31. The van der Waals surface area contributed by atoms with Crippen LogP contribution in [0, 0.1) is 18.7 Å². The third-order valence-corrected chi connectivity index (χ3v) is 4.86. The van der Waals surface area contributed by atoms with Gasteiger partial charge in [0.1, 0.15) is 5.82 Å². The Balaban J connectivity index is 1.57. The summed E-state index contributed by atoms with van der Waals surface area (Å²) in [6, 6.07) is 11.5. The quantitative estimate of drug-likeness (QED) is 0.865. The maximum absolute atomic E-state index is 12.9. The molecule has 1 atom stereocenters. The number of hydrogen-bond acceptors (Lipinski definition) is 2. The van der Waals surface area contributed by atoms with Gasteiger partial charge in [0.25, 0.3) is 0 Å². The Hall–Kier alpha value is -2.40. The molecule has 2 aromatic carbocycles. The van der Waals surface area contributed by atoms with Crippen LogP contribution >= 0.6 is 11.6 Å². The number of halogens is 2. The molecule has 2 aromatic rings. The fraction of sp³-hybridized carbons (Fsp3) is 0.300. The molecule has 4 nitrogen and oxygen atoms in total. The molecule has 1 heterocycles. The van der Waals surface area contributed by atoms with Crippen molar-refractivity contribution in [3.63, 3.8) is 0 Å². The molecule has 0 radical (unpaired) electrons. The summed E-state index contributed by atoms with van der Waals surface area (Å²) in [6.45, 7) is 2.80. The van der Waals surface area contributed by atoms with Crippen molar-refractivity contribution in [1.29, 1.82) is 0 Å². The summed E-state index contributed by atoms with van der Waals surface area (Å²) in [7, 11) is 0. The Morgan fingerprint density at radius 1 is 1.27 bits per heavy atom. The molecule has 0 aromatic heterocycles. The number of nitrogens with one attached hydrogen (secondary N) is 1. The van der Waals surface area contributed by atoms with E-state index in [-0.39, 0.29) is 30.0 Å². The van der Waals surface area contributed by atoms with Crippen molar-refractivity contribution in [2.24, 2.45) is 5.92 Å². The highest BCUT2D eigenvalue weighted by Gasteiger charge is 2.34. The van der Waals surface area contributed by atoms with Crippen molar-refractivity contribution in [2.75, 3.05) is 18.4 Å². The molecule has 0 saturated carbocycles. The average Bonchev–Trinajstić information content (AvgIpc) is 2.99. The minimum atomic E-state index is -0.380. The largest absolute Gasteiger partial charge is 0.342 e. The minimum Gasteiger partial charge on any atom is -0.342 e. The van der Waals surface area contributed by atoms with Crippen LogP contribution in [0.25, 0.3) is 0 Å². The average molecular weight is 375 g/mol. The van der Waals surface area contributed by atoms with E-state index >= 15 is 0 Å². The SMILES string of the molecule is Cc1ccc(Cl)cc1NC(=O)C1CC(=O)N(CCc2ccc(F)cc2)C1. The van der Waals surface area contributed by atoms with Gasteiger partial charge in [0.15, 0.2) is 0 Å². The topological polar surface area (TPSA) is 49.4 Å². The van der Waals surface area contributed by atoms with E-state index in [2.05, 4.69) is 5.32 Å². The third kappa shape index (κ3) is 4.41. The number of carbonyl (C=O) groups excluding carboxylic acids is 2. The van der Waals surface area contributed by atoms with Crippen molar-refractivity contribution in [1.82, 2.24) is 4.90 Å². The molecule has 2 amide bonds. The second-order valence-corrected chi connectivity index (χ2v) is 7.00. The highest BCUT2D eigenvalue weighted by atomic mass is 35.5. The van der Waals surface area contributed by atoms with Gasteiger partial charge in [0.2, 0.25) is 11.8 Å². The summed E-state index contributed by atoms with van der Waals surface area (Å²) in [5.74, 6) is -0.865. The van der Waals surface area contributed by atoms with E-state index in [1.165, 1.54) is 12.1 Å². The molecule has 1 unspecified atom stereocenters. The molecule has 136 valence electrons. The normalized spacial score (nSPS) is 16.8. The van der Waals surface area contributed by atoms with Gasteiger partial charge in [-0.2, -0.15) is 0 Å². The van der Waals surface area contributed by atoms with E-state index in [1.807, 2.05) is 13.0 Å². The van der Waals surface area contributed by atoms with Crippen LogP contribution in [0.3, 0.4) is 0 Å². The van der Waals surface area contributed by atoms with Gasteiger partial charge in [0.05, 0.1) is 5.92 Å².